The summed E-state index contributed by atoms with van der Waals surface area (Å²) in [6, 6.07) is 21.4. The number of hydrogen-bond donors (Lipinski definition) is 1. The van der Waals surface area contributed by atoms with Crippen LogP contribution < -0.4 is 24.4 Å². The normalized spacial score (nSPS) is 14.2. The number of carbonyl (C=O) groups excluding carboxylic acids is 2. The van der Waals surface area contributed by atoms with Gasteiger partial charge < -0.3 is 19.5 Å². The molecule has 1 heterocycles. The van der Waals surface area contributed by atoms with Crippen LogP contribution in [0, 0.1) is 0 Å². The van der Waals surface area contributed by atoms with E-state index < -0.39 is 0 Å². The molecule has 4 rings (SSSR count). The van der Waals surface area contributed by atoms with Crippen LogP contribution in [0.2, 0.25) is 0 Å². The molecule has 1 aliphatic rings. The summed E-state index contributed by atoms with van der Waals surface area (Å²) in [7, 11) is 3.13. The quantitative estimate of drug-likeness (QED) is 0.335. The van der Waals surface area contributed by atoms with Crippen LogP contribution in [-0.4, -0.2) is 37.0 Å². The maximum absolute atomic E-state index is 13.0. The number of nitrogens with one attached hydrogen (secondary N) is 1. The number of nitrogens with zero attached hydrogens (tertiary/aromatic N) is 1. The summed E-state index contributed by atoms with van der Waals surface area (Å²) >= 11 is 6.67. The molecule has 1 fully saturated rings. The molecule has 3 aromatic carbocycles. The first-order chi connectivity index (χ1) is 17.0. The largest absolute Gasteiger partial charge is 0.497 e. The van der Waals surface area contributed by atoms with Crippen molar-refractivity contribution in [3.63, 3.8) is 0 Å². The molecule has 0 spiro atoms. The molecule has 3 aromatic rings. The van der Waals surface area contributed by atoms with Crippen molar-refractivity contribution in [2.45, 2.75) is 0 Å². The summed E-state index contributed by atoms with van der Waals surface area (Å²) in [4.78, 5) is 27.2. The zero-order valence-corrected chi connectivity index (χ0v) is 20.7. The maximum Gasteiger partial charge on any atom is 0.270 e. The summed E-state index contributed by atoms with van der Waals surface area (Å²) < 4.78 is 16.5. The van der Waals surface area contributed by atoms with Gasteiger partial charge in [-0.3, -0.25) is 14.5 Å². The second kappa shape index (κ2) is 11.1. The lowest BCUT2D eigenvalue weighted by molar-refractivity contribution is -0.118. The van der Waals surface area contributed by atoms with E-state index in [4.69, 9.17) is 26.4 Å². The number of methoxy groups -OCH3 is 2. The monoisotopic (exact) mass is 506 g/mol. The van der Waals surface area contributed by atoms with Crippen LogP contribution in [-0.2, 0) is 9.59 Å². The number of anilines is 2. The summed E-state index contributed by atoms with van der Waals surface area (Å²) in [6.07, 6.45) is 1.78. The van der Waals surface area contributed by atoms with Crippen molar-refractivity contribution < 1.29 is 23.8 Å². The van der Waals surface area contributed by atoms with Crippen LogP contribution in [0.25, 0.3) is 6.08 Å². The molecule has 0 unspecified atom stereocenters. The van der Waals surface area contributed by atoms with E-state index in [1.165, 1.54) is 16.7 Å². The molecular weight excluding hydrogens is 484 g/mol. The van der Waals surface area contributed by atoms with Gasteiger partial charge in [-0.1, -0.05) is 48.2 Å². The van der Waals surface area contributed by atoms with Crippen molar-refractivity contribution in [3.05, 3.63) is 83.3 Å². The van der Waals surface area contributed by atoms with Crippen molar-refractivity contribution >= 4 is 57.6 Å². The van der Waals surface area contributed by atoms with Gasteiger partial charge in [0.05, 0.1) is 30.5 Å². The Labute approximate surface area is 212 Å². The van der Waals surface area contributed by atoms with E-state index in [-0.39, 0.29) is 18.4 Å². The Balaban J connectivity index is 1.37. The highest BCUT2D eigenvalue weighted by atomic mass is 32.2. The van der Waals surface area contributed by atoms with Gasteiger partial charge in [0.1, 0.15) is 17.2 Å². The molecule has 1 N–H and O–H groups in total. The Hall–Kier alpha value is -3.82. The number of ether oxygens (including phenoxy) is 3. The fourth-order valence-corrected chi connectivity index (χ4v) is 4.62. The molecule has 0 radical (unpaired) electrons. The Morgan fingerprint density at radius 2 is 1.66 bits per heavy atom. The van der Waals surface area contributed by atoms with E-state index >= 15 is 0 Å². The zero-order valence-electron chi connectivity index (χ0n) is 19.0. The number of rotatable bonds is 8. The summed E-state index contributed by atoms with van der Waals surface area (Å²) in [5.41, 5.74) is 2.07. The molecule has 0 bridgehead atoms. The SMILES string of the molecule is COc1ccc(N2C(=O)/C(=C\c3ccc(OCC(=O)Nc4ccccc4OC)cc3)SC2=S)cc1. The third-order valence-electron chi connectivity index (χ3n) is 5.05. The highest BCUT2D eigenvalue weighted by Crippen LogP contribution is 2.36. The molecular formula is C26H22N2O5S2. The van der Waals surface area contributed by atoms with Crippen molar-refractivity contribution in [1.29, 1.82) is 0 Å². The van der Waals surface area contributed by atoms with Crippen LogP contribution in [0.3, 0.4) is 0 Å². The van der Waals surface area contributed by atoms with E-state index in [2.05, 4.69) is 5.32 Å². The minimum absolute atomic E-state index is 0.155. The first-order valence-electron chi connectivity index (χ1n) is 10.6. The fourth-order valence-electron chi connectivity index (χ4n) is 3.32. The molecule has 9 heteroatoms. The van der Waals surface area contributed by atoms with Gasteiger partial charge in [-0.05, 0) is 60.2 Å². The smallest absolute Gasteiger partial charge is 0.270 e. The lowest BCUT2D eigenvalue weighted by atomic mass is 10.2. The third-order valence-corrected chi connectivity index (χ3v) is 6.36. The van der Waals surface area contributed by atoms with Crippen molar-refractivity contribution in [3.8, 4) is 17.2 Å². The highest BCUT2D eigenvalue weighted by molar-refractivity contribution is 8.27. The average molecular weight is 507 g/mol. The average Bonchev–Trinajstić information content (AvgIpc) is 3.16. The van der Waals surface area contributed by atoms with E-state index in [0.717, 1.165) is 5.56 Å². The van der Waals surface area contributed by atoms with Crippen molar-refractivity contribution in [2.24, 2.45) is 0 Å². The molecule has 0 aliphatic carbocycles. The Bertz CT molecular complexity index is 1270. The molecule has 0 atom stereocenters. The molecule has 7 nitrogen and oxygen atoms in total. The number of carbonyl (C=O) groups is 2. The Morgan fingerprint density at radius 3 is 2.34 bits per heavy atom. The van der Waals surface area contributed by atoms with Gasteiger partial charge in [-0.25, -0.2) is 0 Å². The van der Waals surface area contributed by atoms with Gasteiger partial charge in [-0.15, -0.1) is 0 Å². The van der Waals surface area contributed by atoms with E-state index in [9.17, 15) is 9.59 Å². The van der Waals surface area contributed by atoms with Gasteiger partial charge in [0.15, 0.2) is 10.9 Å². The van der Waals surface area contributed by atoms with Crippen molar-refractivity contribution in [1.82, 2.24) is 0 Å². The van der Waals surface area contributed by atoms with Gasteiger partial charge in [0.25, 0.3) is 11.8 Å². The minimum atomic E-state index is -0.305. The molecule has 2 amide bonds. The van der Waals surface area contributed by atoms with Crippen LogP contribution in [0.1, 0.15) is 5.56 Å². The Kier molecular flexibility index (Phi) is 7.69. The molecule has 0 saturated carbocycles. The maximum atomic E-state index is 13.0. The standard InChI is InChI=1S/C26H22N2O5S2/c1-31-19-13-9-18(10-14-19)28-25(30)23(35-26(28)34)15-17-7-11-20(12-8-17)33-16-24(29)27-21-5-3-4-6-22(21)32-2/h3-15H,16H2,1-2H3,(H,27,29)/b23-15+. The number of thiocarbonyl (C=S) groups is 1. The number of benzene rings is 3. The number of hydrogen-bond acceptors (Lipinski definition) is 7. The predicted molar refractivity (Wildman–Crippen MR) is 142 cm³/mol. The molecule has 35 heavy (non-hydrogen) atoms. The molecule has 1 aliphatic heterocycles. The predicted octanol–water partition coefficient (Wildman–Crippen LogP) is 5.13. The zero-order chi connectivity index (χ0) is 24.8. The van der Waals surface area contributed by atoms with Crippen LogP contribution in [0.5, 0.6) is 17.2 Å². The van der Waals surface area contributed by atoms with E-state index in [0.29, 0.717) is 37.8 Å². The van der Waals surface area contributed by atoms with Gasteiger partial charge >= 0.3 is 0 Å². The fraction of sp³-hybridized carbons (Fsp3) is 0.115. The van der Waals surface area contributed by atoms with Gasteiger partial charge in [0, 0.05) is 0 Å². The first kappa shape index (κ1) is 24.3. The number of para-hydroxylation sites is 2. The second-order valence-electron chi connectivity index (χ2n) is 7.32. The van der Waals surface area contributed by atoms with Crippen LogP contribution in [0.15, 0.2) is 77.7 Å². The lowest BCUT2D eigenvalue weighted by Crippen LogP contribution is -2.27. The number of amides is 2. The topological polar surface area (TPSA) is 77.1 Å². The lowest BCUT2D eigenvalue weighted by Gasteiger charge is -2.14. The highest BCUT2D eigenvalue weighted by Gasteiger charge is 2.33. The summed E-state index contributed by atoms with van der Waals surface area (Å²) in [6.45, 7) is -0.155. The molecule has 1 saturated heterocycles. The molecule has 0 aromatic heterocycles. The van der Waals surface area contributed by atoms with E-state index in [1.54, 1.807) is 68.8 Å². The second-order valence-corrected chi connectivity index (χ2v) is 9.00. The summed E-state index contributed by atoms with van der Waals surface area (Å²) in [5, 5.41) is 2.76. The van der Waals surface area contributed by atoms with E-state index in [1.807, 2.05) is 24.3 Å². The number of thioether (sulfide) groups is 1. The van der Waals surface area contributed by atoms with Crippen LogP contribution in [0.4, 0.5) is 11.4 Å². The first-order valence-corrected chi connectivity index (χ1v) is 11.8. The summed E-state index contributed by atoms with van der Waals surface area (Å²) in [5.74, 6) is 1.32. The van der Waals surface area contributed by atoms with Crippen LogP contribution >= 0.6 is 24.0 Å². The van der Waals surface area contributed by atoms with Crippen molar-refractivity contribution in [2.75, 3.05) is 31.0 Å². The van der Waals surface area contributed by atoms with Gasteiger partial charge in [-0.2, -0.15) is 0 Å². The third kappa shape index (κ3) is 5.82. The van der Waals surface area contributed by atoms with Gasteiger partial charge in [0.2, 0.25) is 0 Å². The Morgan fingerprint density at radius 1 is 0.971 bits per heavy atom. The minimum Gasteiger partial charge on any atom is -0.497 e. The molecule has 178 valence electrons.